The Morgan fingerprint density at radius 3 is 1.70 bits per heavy atom. The molecule has 5 heteroatoms. The minimum absolute atomic E-state index is 0.0159. The quantitative estimate of drug-likeness (QED) is 0.149. The van der Waals surface area contributed by atoms with Gasteiger partial charge in [-0.05, 0) is 141 Å². The lowest BCUT2D eigenvalue weighted by molar-refractivity contribution is 0.590. The number of nitrogens with zero attached hydrogens (tertiary/aromatic N) is 3. The van der Waals surface area contributed by atoms with Gasteiger partial charge in [0.15, 0.2) is 5.58 Å². The van der Waals surface area contributed by atoms with E-state index in [0.717, 1.165) is 78.6 Å². The Bertz CT molecular complexity index is 3730. The Morgan fingerprint density at radius 2 is 1.04 bits per heavy atom. The average Bonchev–Trinajstić information content (AvgIpc) is 3.78. The van der Waals surface area contributed by atoms with Gasteiger partial charge in [-0.1, -0.05) is 172 Å². The molecule has 2 aliphatic rings. The van der Waals surface area contributed by atoms with Crippen molar-refractivity contribution < 1.29 is 4.42 Å². The van der Waals surface area contributed by atoms with Gasteiger partial charge in [-0.3, -0.25) is 0 Å². The fraction of sp³-hybridized carbons (Fsp3) is 0.0769. The third-order valence-corrected chi connectivity index (χ3v) is 14.5. The van der Waals surface area contributed by atoms with E-state index in [-0.39, 0.29) is 12.3 Å². The summed E-state index contributed by atoms with van der Waals surface area (Å²) in [5.41, 5.74) is 22.6. The summed E-state index contributed by atoms with van der Waals surface area (Å²) >= 11 is 0. The number of aryl methyl sites for hydroxylation is 1. The number of hydrogen-bond acceptors (Lipinski definition) is 4. The molecule has 0 bridgehead atoms. The Morgan fingerprint density at radius 1 is 0.457 bits per heavy atom. The van der Waals surface area contributed by atoms with Crippen molar-refractivity contribution in [3.63, 3.8) is 0 Å². The Kier molecular flexibility index (Phi) is 9.71. The van der Waals surface area contributed by atoms with Crippen LogP contribution in [0.15, 0.2) is 235 Å². The number of rotatable bonds is 7. The van der Waals surface area contributed by atoms with Crippen LogP contribution in [0.4, 0.5) is 45.5 Å². The van der Waals surface area contributed by atoms with Crippen molar-refractivity contribution in [3.8, 4) is 33.4 Å². The fourth-order valence-electron chi connectivity index (χ4n) is 11.1. The molecule has 4 nitrogen and oxygen atoms in total. The van der Waals surface area contributed by atoms with E-state index >= 15 is 0 Å². The molecule has 0 atom stereocenters. The first-order chi connectivity index (χ1) is 34.3. The molecule has 70 heavy (non-hydrogen) atoms. The maximum atomic E-state index is 7.23. The molecular weight excluding hydrogens is 850 g/mol. The molecule has 0 amide bonds. The Balaban J connectivity index is 1.15. The standard InChI is InChI=1S/C65H50BN3O/c1-43-39-48(65(2,3)4)32-37-58(43)68-60-40-47(45-21-11-6-12-22-45)31-36-57(60)66-62-55(42-56-53-27-17-18-28-61(53)70-64(56)63(62)68)54-41-52(67(49-23-13-7-14-24-49)50-25-15-8-16-26-50)35-38-59(54)69(66)51-33-29-46(30-34-51)44-19-9-5-10-20-44/h5-42H,1-4H3. The smallest absolute Gasteiger partial charge is 0.333 e. The van der Waals surface area contributed by atoms with E-state index in [2.05, 4.69) is 273 Å². The predicted molar refractivity (Wildman–Crippen MR) is 296 cm³/mol. The second kappa shape index (κ2) is 16.3. The van der Waals surface area contributed by atoms with E-state index in [4.69, 9.17) is 4.42 Å². The number of hydrogen-bond donors (Lipinski definition) is 0. The molecule has 13 rings (SSSR count). The second-order valence-corrected chi connectivity index (χ2v) is 19.8. The number of benzene rings is 10. The molecule has 11 aromatic rings. The van der Waals surface area contributed by atoms with Gasteiger partial charge >= 0.3 is 6.85 Å². The molecule has 1 aromatic heterocycles. The zero-order chi connectivity index (χ0) is 47.1. The van der Waals surface area contributed by atoms with Crippen LogP contribution in [0, 0.1) is 6.92 Å². The predicted octanol–water partition coefficient (Wildman–Crippen LogP) is 16.7. The molecule has 0 fully saturated rings. The zero-order valence-corrected chi connectivity index (χ0v) is 39.8. The van der Waals surface area contributed by atoms with Gasteiger partial charge in [0.2, 0.25) is 0 Å². The second-order valence-electron chi connectivity index (χ2n) is 19.8. The van der Waals surface area contributed by atoms with Crippen molar-refractivity contribution in [2.75, 3.05) is 14.6 Å². The molecular formula is C65H50BN3O. The van der Waals surface area contributed by atoms with Crippen molar-refractivity contribution in [3.05, 3.63) is 242 Å². The third-order valence-electron chi connectivity index (χ3n) is 14.5. The molecule has 334 valence electrons. The van der Waals surface area contributed by atoms with Crippen LogP contribution in [0.25, 0.3) is 55.3 Å². The van der Waals surface area contributed by atoms with Crippen molar-refractivity contribution >= 4 is 85.2 Å². The van der Waals surface area contributed by atoms with Gasteiger partial charge in [-0.25, -0.2) is 0 Å². The molecule has 10 aromatic carbocycles. The van der Waals surface area contributed by atoms with E-state index < -0.39 is 0 Å². The Labute approximate surface area is 410 Å². The summed E-state index contributed by atoms with van der Waals surface area (Å²) in [6.45, 7) is 8.94. The summed E-state index contributed by atoms with van der Waals surface area (Å²) in [6, 6.07) is 84.3. The maximum Gasteiger partial charge on any atom is 0.333 e. The normalized spacial score (nSPS) is 12.8. The van der Waals surface area contributed by atoms with E-state index in [1.165, 1.54) is 44.3 Å². The van der Waals surface area contributed by atoms with Crippen LogP contribution in [0.1, 0.15) is 31.9 Å². The van der Waals surface area contributed by atoms with E-state index in [1.807, 2.05) is 0 Å². The lowest BCUT2D eigenvalue weighted by atomic mass is 9.43. The number of para-hydroxylation sites is 3. The SMILES string of the molecule is Cc1cc(C(C)(C)C)ccc1N1c2cc(-c3ccccc3)ccc2B2c3c(cc4c(oc5ccccc54)c31)-c1cc(N(c3ccccc3)c3ccccc3)ccc1N2c1ccc(-c2ccccc2)cc1. The summed E-state index contributed by atoms with van der Waals surface area (Å²) in [5, 5.41) is 2.20. The lowest BCUT2D eigenvalue weighted by Crippen LogP contribution is -2.61. The molecule has 0 radical (unpaired) electrons. The van der Waals surface area contributed by atoms with Crippen molar-refractivity contribution in [2.45, 2.75) is 33.1 Å². The number of anilines is 8. The molecule has 0 saturated carbocycles. The average molecular weight is 900 g/mol. The third kappa shape index (κ3) is 6.76. The van der Waals surface area contributed by atoms with E-state index in [0.29, 0.717) is 0 Å². The molecule has 0 aliphatic carbocycles. The van der Waals surface area contributed by atoms with Gasteiger partial charge in [0.1, 0.15) is 5.58 Å². The highest BCUT2D eigenvalue weighted by molar-refractivity contribution is 6.94. The van der Waals surface area contributed by atoms with Gasteiger partial charge in [-0.2, -0.15) is 0 Å². The first-order valence-electron chi connectivity index (χ1n) is 24.4. The van der Waals surface area contributed by atoms with Crippen LogP contribution >= 0.6 is 0 Å². The molecule has 0 saturated heterocycles. The summed E-state index contributed by atoms with van der Waals surface area (Å²) in [4.78, 5) is 7.50. The summed E-state index contributed by atoms with van der Waals surface area (Å²) < 4.78 is 7.23. The minimum atomic E-state index is -0.215. The highest BCUT2D eigenvalue weighted by atomic mass is 16.3. The minimum Gasteiger partial charge on any atom is -0.454 e. The molecule has 0 unspecified atom stereocenters. The van der Waals surface area contributed by atoms with Crippen molar-refractivity contribution in [1.29, 1.82) is 0 Å². The molecule has 2 aliphatic heterocycles. The lowest BCUT2D eigenvalue weighted by Gasteiger charge is -2.46. The number of furan rings is 1. The van der Waals surface area contributed by atoms with Gasteiger partial charge in [0.05, 0.1) is 5.69 Å². The van der Waals surface area contributed by atoms with Gasteiger partial charge in [-0.15, -0.1) is 0 Å². The van der Waals surface area contributed by atoms with Gasteiger partial charge in [0.25, 0.3) is 0 Å². The fourth-order valence-corrected chi connectivity index (χ4v) is 11.1. The van der Waals surface area contributed by atoms with Crippen LogP contribution in [0.5, 0.6) is 0 Å². The maximum absolute atomic E-state index is 7.23. The van der Waals surface area contributed by atoms with Crippen LogP contribution < -0.4 is 25.5 Å². The Hall–Kier alpha value is -8.54. The summed E-state index contributed by atoms with van der Waals surface area (Å²) in [5.74, 6) is 0. The summed E-state index contributed by atoms with van der Waals surface area (Å²) in [7, 11) is 0. The zero-order valence-electron chi connectivity index (χ0n) is 39.8. The largest absolute Gasteiger partial charge is 0.454 e. The molecule has 0 spiro atoms. The highest BCUT2D eigenvalue weighted by Crippen LogP contribution is 2.53. The van der Waals surface area contributed by atoms with Gasteiger partial charge < -0.3 is 19.0 Å². The van der Waals surface area contributed by atoms with Crippen LogP contribution in [0.2, 0.25) is 0 Å². The van der Waals surface area contributed by atoms with Crippen LogP contribution in [-0.4, -0.2) is 6.85 Å². The molecule has 3 heterocycles. The van der Waals surface area contributed by atoms with Crippen LogP contribution in [0.3, 0.4) is 0 Å². The molecule has 0 N–H and O–H groups in total. The van der Waals surface area contributed by atoms with E-state index in [1.54, 1.807) is 0 Å². The van der Waals surface area contributed by atoms with Crippen molar-refractivity contribution in [2.24, 2.45) is 0 Å². The van der Waals surface area contributed by atoms with Crippen molar-refractivity contribution in [1.82, 2.24) is 0 Å². The summed E-state index contributed by atoms with van der Waals surface area (Å²) in [6.07, 6.45) is 0. The first-order valence-corrected chi connectivity index (χ1v) is 24.4. The van der Waals surface area contributed by atoms with E-state index in [9.17, 15) is 0 Å². The number of fused-ring (bicyclic) bond motifs is 8. The highest BCUT2D eigenvalue weighted by Gasteiger charge is 2.47. The van der Waals surface area contributed by atoms with Gasteiger partial charge in [0, 0.05) is 56.1 Å². The first kappa shape index (κ1) is 41.6. The topological polar surface area (TPSA) is 22.9 Å². The van der Waals surface area contributed by atoms with Crippen LogP contribution in [-0.2, 0) is 5.41 Å². The monoisotopic (exact) mass is 899 g/mol.